The van der Waals surface area contributed by atoms with E-state index in [4.69, 9.17) is 11.6 Å². The Morgan fingerprint density at radius 3 is 2.43 bits per heavy atom. The Morgan fingerprint density at radius 2 is 1.80 bits per heavy atom. The number of nitrogens with zero attached hydrogens (tertiary/aromatic N) is 1. The number of benzene rings is 2. The topological polar surface area (TPSA) is 54.3 Å². The van der Waals surface area contributed by atoms with Crippen LogP contribution in [0.2, 0.25) is 5.02 Å². The van der Waals surface area contributed by atoms with Gasteiger partial charge in [0, 0.05) is 40.6 Å². The minimum atomic E-state index is -0.984. The van der Waals surface area contributed by atoms with Gasteiger partial charge in [-0.25, -0.2) is 9.18 Å². The predicted octanol–water partition coefficient (Wildman–Crippen LogP) is 5.54. The second-order valence-corrected chi connectivity index (χ2v) is 7.97. The molecule has 1 aromatic heterocycles. The van der Waals surface area contributed by atoms with Crippen molar-refractivity contribution in [2.75, 3.05) is 6.54 Å². The largest absolute Gasteiger partial charge is 0.478 e. The van der Waals surface area contributed by atoms with Gasteiger partial charge in [0.1, 0.15) is 5.82 Å². The summed E-state index contributed by atoms with van der Waals surface area (Å²) in [4.78, 5) is 12.0. The molecule has 0 saturated carbocycles. The van der Waals surface area contributed by atoms with Gasteiger partial charge in [-0.1, -0.05) is 54.9 Å². The molecule has 2 aromatic carbocycles. The normalized spacial score (nSPS) is 12.2. The van der Waals surface area contributed by atoms with Crippen LogP contribution in [-0.4, -0.2) is 22.2 Å². The van der Waals surface area contributed by atoms with Gasteiger partial charge in [0.15, 0.2) is 0 Å². The standard InChI is InChI=1S/C24H26ClFN2O2/c1-15(18-8-5-4-6-9-18)12-27-13-19-16(2)28(17(3)23(19)24(29)30)14-20-21(25)10-7-11-22(20)26/h4-11,15,27H,12-14H2,1-3H3,(H,29,30)/t15-/m1/s1. The highest BCUT2D eigenvalue weighted by molar-refractivity contribution is 6.31. The van der Waals surface area contributed by atoms with Crippen molar-refractivity contribution in [1.29, 1.82) is 0 Å². The molecule has 0 aliphatic rings. The number of rotatable bonds is 8. The average molecular weight is 429 g/mol. The summed E-state index contributed by atoms with van der Waals surface area (Å²) in [6.07, 6.45) is 0. The first-order valence-corrected chi connectivity index (χ1v) is 10.3. The lowest BCUT2D eigenvalue weighted by atomic mass is 10.0. The number of hydrogen-bond donors (Lipinski definition) is 2. The van der Waals surface area contributed by atoms with Crippen LogP contribution in [0.5, 0.6) is 0 Å². The molecule has 0 spiro atoms. The van der Waals surface area contributed by atoms with Crippen LogP contribution in [0.25, 0.3) is 0 Å². The van der Waals surface area contributed by atoms with E-state index in [2.05, 4.69) is 24.4 Å². The number of halogens is 2. The SMILES string of the molecule is Cc1c(CNC[C@@H](C)c2ccccc2)c(C(=O)O)c(C)n1Cc1c(F)cccc1Cl. The Labute approximate surface area is 181 Å². The number of carboxylic acids is 1. The molecule has 0 unspecified atom stereocenters. The molecule has 0 radical (unpaired) electrons. The molecule has 0 aliphatic heterocycles. The Kier molecular flexibility index (Phi) is 6.95. The van der Waals surface area contributed by atoms with Crippen molar-refractivity contribution in [3.05, 3.63) is 93.0 Å². The molecule has 4 nitrogen and oxygen atoms in total. The van der Waals surface area contributed by atoms with Crippen LogP contribution in [0.1, 0.15) is 51.3 Å². The molecule has 1 heterocycles. The van der Waals surface area contributed by atoms with Gasteiger partial charge in [0.2, 0.25) is 0 Å². The molecule has 0 fully saturated rings. The minimum absolute atomic E-state index is 0.184. The smallest absolute Gasteiger partial charge is 0.337 e. The summed E-state index contributed by atoms with van der Waals surface area (Å²) < 4.78 is 16.1. The molecule has 6 heteroatoms. The fourth-order valence-corrected chi connectivity index (χ4v) is 4.06. The van der Waals surface area contributed by atoms with Crippen molar-refractivity contribution in [2.45, 2.75) is 39.8 Å². The van der Waals surface area contributed by atoms with E-state index in [1.807, 2.05) is 29.7 Å². The van der Waals surface area contributed by atoms with E-state index in [0.717, 1.165) is 5.69 Å². The van der Waals surface area contributed by atoms with Gasteiger partial charge in [0.25, 0.3) is 0 Å². The van der Waals surface area contributed by atoms with E-state index in [1.54, 1.807) is 19.1 Å². The van der Waals surface area contributed by atoms with Gasteiger partial charge in [-0.15, -0.1) is 0 Å². The van der Waals surface area contributed by atoms with E-state index in [0.29, 0.717) is 40.9 Å². The maximum Gasteiger partial charge on any atom is 0.337 e. The van der Waals surface area contributed by atoms with Crippen molar-refractivity contribution < 1.29 is 14.3 Å². The molecule has 3 rings (SSSR count). The van der Waals surface area contributed by atoms with Crippen molar-refractivity contribution in [2.24, 2.45) is 0 Å². The first-order chi connectivity index (χ1) is 14.3. The minimum Gasteiger partial charge on any atom is -0.478 e. The molecule has 0 saturated heterocycles. The number of aromatic carboxylic acids is 1. The highest BCUT2D eigenvalue weighted by atomic mass is 35.5. The molecule has 0 aliphatic carbocycles. The summed E-state index contributed by atoms with van der Waals surface area (Å²) in [6.45, 7) is 7.07. The zero-order chi connectivity index (χ0) is 21.8. The second-order valence-electron chi connectivity index (χ2n) is 7.56. The summed E-state index contributed by atoms with van der Waals surface area (Å²) in [5.41, 5.74) is 3.95. The van der Waals surface area contributed by atoms with Gasteiger partial charge in [-0.05, 0) is 37.5 Å². The van der Waals surface area contributed by atoms with E-state index < -0.39 is 11.8 Å². The van der Waals surface area contributed by atoms with Crippen LogP contribution in [0.3, 0.4) is 0 Å². The molecule has 158 valence electrons. The maximum atomic E-state index is 14.3. The number of aromatic nitrogens is 1. The first kappa shape index (κ1) is 22.1. The molecule has 2 N–H and O–H groups in total. The Hall–Kier alpha value is -2.63. The highest BCUT2D eigenvalue weighted by Crippen LogP contribution is 2.27. The van der Waals surface area contributed by atoms with E-state index in [9.17, 15) is 14.3 Å². The lowest BCUT2D eigenvalue weighted by molar-refractivity contribution is 0.0694. The average Bonchev–Trinajstić information content (AvgIpc) is 2.95. The highest BCUT2D eigenvalue weighted by Gasteiger charge is 2.23. The van der Waals surface area contributed by atoms with Crippen molar-refractivity contribution in [3.63, 3.8) is 0 Å². The fourth-order valence-electron chi connectivity index (χ4n) is 3.84. The molecule has 3 aromatic rings. The lowest BCUT2D eigenvalue weighted by Crippen LogP contribution is -2.21. The number of nitrogens with one attached hydrogen (secondary N) is 1. The van der Waals surface area contributed by atoms with Crippen LogP contribution in [0, 0.1) is 19.7 Å². The quantitative estimate of drug-likeness (QED) is 0.495. The Morgan fingerprint density at radius 1 is 1.10 bits per heavy atom. The summed E-state index contributed by atoms with van der Waals surface area (Å²) in [7, 11) is 0. The van der Waals surface area contributed by atoms with Crippen LogP contribution in [0.4, 0.5) is 4.39 Å². The van der Waals surface area contributed by atoms with Gasteiger partial charge in [0.05, 0.1) is 12.1 Å². The summed E-state index contributed by atoms with van der Waals surface area (Å²) in [5.74, 6) is -1.09. The monoisotopic (exact) mass is 428 g/mol. The van der Waals surface area contributed by atoms with Crippen molar-refractivity contribution >= 4 is 17.6 Å². The molecule has 0 bridgehead atoms. The Balaban J connectivity index is 1.84. The van der Waals surface area contributed by atoms with E-state index in [1.165, 1.54) is 11.6 Å². The predicted molar refractivity (Wildman–Crippen MR) is 118 cm³/mol. The molecular weight excluding hydrogens is 403 g/mol. The van der Waals surface area contributed by atoms with Crippen LogP contribution >= 0.6 is 11.6 Å². The zero-order valence-corrected chi connectivity index (χ0v) is 18.1. The number of hydrogen-bond acceptors (Lipinski definition) is 2. The third kappa shape index (κ3) is 4.58. The van der Waals surface area contributed by atoms with Crippen LogP contribution < -0.4 is 5.32 Å². The Bertz CT molecular complexity index is 1030. The molecular formula is C24H26ClFN2O2. The van der Waals surface area contributed by atoms with Crippen LogP contribution in [-0.2, 0) is 13.1 Å². The van der Waals surface area contributed by atoms with E-state index >= 15 is 0 Å². The molecule has 0 amide bonds. The lowest BCUT2D eigenvalue weighted by Gasteiger charge is -2.14. The summed E-state index contributed by atoms with van der Waals surface area (Å²) in [5, 5.41) is 13.5. The molecule has 1 atom stereocenters. The van der Waals surface area contributed by atoms with Crippen molar-refractivity contribution in [3.8, 4) is 0 Å². The van der Waals surface area contributed by atoms with Crippen LogP contribution in [0.15, 0.2) is 48.5 Å². The first-order valence-electron chi connectivity index (χ1n) is 9.91. The van der Waals surface area contributed by atoms with Gasteiger partial charge in [-0.2, -0.15) is 0 Å². The van der Waals surface area contributed by atoms with E-state index in [-0.39, 0.29) is 12.1 Å². The third-order valence-corrected chi connectivity index (χ3v) is 5.98. The summed E-state index contributed by atoms with van der Waals surface area (Å²) >= 11 is 6.19. The van der Waals surface area contributed by atoms with Crippen molar-refractivity contribution in [1.82, 2.24) is 9.88 Å². The second kappa shape index (κ2) is 9.45. The summed E-state index contributed by atoms with van der Waals surface area (Å²) in [6, 6.07) is 14.7. The maximum absolute atomic E-state index is 14.3. The van der Waals surface area contributed by atoms with Gasteiger partial charge < -0.3 is 15.0 Å². The van der Waals surface area contributed by atoms with Gasteiger partial charge in [-0.3, -0.25) is 0 Å². The molecule has 30 heavy (non-hydrogen) atoms. The third-order valence-electron chi connectivity index (χ3n) is 5.62. The number of carbonyl (C=O) groups is 1. The zero-order valence-electron chi connectivity index (χ0n) is 17.4. The number of carboxylic acid groups (broad SMARTS) is 1. The fraction of sp³-hybridized carbons (Fsp3) is 0.292. The van der Waals surface area contributed by atoms with Gasteiger partial charge >= 0.3 is 5.97 Å².